The third-order valence-electron chi connectivity index (χ3n) is 3.40. The van der Waals surface area contributed by atoms with E-state index in [4.69, 9.17) is 16.9 Å². The molecule has 1 heterocycles. The van der Waals surface area contributed by atoms with E-state index in [0.717, 1.165) is 0 Å². The Labute approximate surface area is 119 Å². The first-order valence-electron chi connectivity index (χ1n) is 6.05. The highest BCUT2D eigenvalue weighted by Crippen LogP contribution is 2.35. The number of nitriles is 1. The molecule has 7 heteroatoms. The van der Waals surface area contributed by atoms with E-state index in [-0.39, 0.29) is 17.0 Å². The van der Waals surface area contributed by atoms with E-state index in [1.165, 1.54) is 17.0 Å². The summed E-state index contributed by atoms with van der Waals surface area (Å²) in [5, 5.41) is 18.4. The molecule has 108 valence electrons. The smallest absolute Gasteiger partial charge is 0.382 e. The highest BCUT2D eigenvalue weighted by molar-refractivity contribution is 6.32. The van der Waals surface area contributed by atoms with Crippen molar-refractivity contribution in [3.63, 3.8) is 0 Å². The van der Waals surface area contributed by atoms with Gasteiger partial charge < -0.3 is 10.0 Å². The SMILES string of the molecule is N#Cc1ccc(N2CCC[C@@H]2C(O)C(F)(F)F)cc1Cl. The van der Waals surface area contributed by atoms with E-state index in [1.807, 2.05) is 6.07 Å². The average Bonchev–Trinajstić information content (AvgIpc) is 2.85. The van der Waals surface area contributed by atoms with Crippen LogP contribution < -0.4 is 4.90 Å². The average molecular weight is 305 g/mol. The Morgan fingerprint density at radius 3 is 2.70 bits per heavy atom. The Kier molecular flexibility index (Phi) is 4.11. The minimum Gasteiger partial charge on any atom is -0.382 e. The van der Waals surface area contributed by atoms with Crippen LogP contribution in [0.25, 0.3) is 0 Å². The number of alkyl halides is 3. The van der Waals surface area contributed by atoms with Gasteiger partial charge in [-0.05, 0) is 31.0 Å². The zero-order valence-electron chi connectivity index (χ0n) is 10.4. The van der Waals surface area contributed by atoms with Crippen molar-refractivity contribution in [3.8, 4) is 6.07 Å². The van der Waals surface area contributed by atoms with Gasteiger partial charge in [0.15, 0.2) is 6.10 Å². The van der Waals surface area contributed by atoms with Crippen LogP contribution in [-0.4, -0.2) is 30.0 Å². The van der Waals surface area contributed by atoms with Gasteiger partial charge in [-0.2, -0.15) is 18.4 Å². The molecule has 1 saturated heterocycles. The van der Waals surface area contributed by atoms with Gasteiger partial charge in [-0.25, -0.2) is 0 Å². The fourth-order valence-corrected chi connectivity index (χ4v) is 2.65. The van der Waals surface area contributed by atoms with E-state index in [0.29, 0.717) is 18.7 Å². The molecule has 1 aromatic carbocycles. The Hall–Kier alpha value is -1.45. The maximum atomic E-state index is 12.6. The Balaban J connectivity index is 2.28. The zero-order chi connectivity index (χ0) is 14.9. The van der Waals surface area contributed by atoms with Gasteiger partial charge in [-0.15, -0.1) is 0 Å². The molecule has 2 rings (SSSR count). The second-order valence-electron chi connectivity index (χ2n) is 4.67. The van der Waals surface area contributed by atoms with Crippen LogP contribution in [0.2, 0.25) is 5.02 Å². The molecule has 0 radical (unpaired) electrons. The standard InChI is InChI=1S/C13H12ClF3N2O/c14-10-6-9(4-3-8(10)7-18)19-5-1-2-11(19)12(20)13(15,16)17/h3-4,6,11-12,20H,1-2,5H2/t11-,12?/m1/s1. The summed E-state index contributed by atoms with van der Waals surface area (Å²) in [6, 6.07) is 5.35. The molecular formula is C13H12ClF3N2O. The maximum Gasteiger partial charge on any atom is 0.416 e. The lowest BCUT2D eigenvalue weighted by Crippen LogP contribution is -2.47. The minimum absolute atomic E-state index is 0.192. The summed E-state index contributed by atoms with van der Waals surface area (Å²) in [4.78, 5) is 1.49. The van der Waals surface area contributed by atoms with E-state index in [9.17, 15) is 18.3 Å². The summed E-state index contributed by atoms with van der Waals surface area (Å²) < 4.78 is 37.9. The minimum atomic E-state index is -4.65. The quantitative estimate of drug-likeness (QED) is 0.913. The van der Waals surface area contributed by atoms with Crippen LogP contribution in [0, 0.1) is 11.3 Å². The Morgan fingerprint density at radius 1 is 1.45 bits per heavy atom. The summed E-state index contributed by atoms with van der Waals surface area (Å²) >= 11 is 5.89. The fraction of sp³-hybridized carbons (Fsp3) is 0.462. The molecule has 0 spiro atoms. The number of halogens is 4. The summed E-state index contributed by atoms with van der Waals surface area (Å²) in [6.45, 7) is 0.417. The third kappa shape index (κ3) is 2.84. The second-order valence-corrected chi connectivity index (χ2v) is 5.07. The maximum absolute atomic E-state index is 12.6. The monoisotopic (exact) mass is 304 g/mol. The Bertz CT molecular complexity index is 541. The number of hydrogen-bond acceptors (Lipinski definition) is 3. The van der Waals surface area contributed by atoms with E-state index < -0.39 is 18.3 Å². The molecule has 0 bridgehead atoms. The molecule has 0 aromatic heterocycles. The number of anilines is 1. The number of nitrogens with zero attached hydrogens (tertiary/aromatic N) is 2. The molecule has 20 heavy (non-hydrogen) atoms. The lowest BCUT2D eigenvalue weighted by atomic mass is 10.1. The summed E-state index contributed by atoms with van der Waals surface area (Å²) in [5.74, 6) is 0. The van der Waals surface area contributed by atoms with Crippen molar-refractivity contribution >= 4 is 17.3 Å². The molecule has 1 aromatic rings. The van der Waals surface area contributed by atoms with Gasteiger partial charge in [0, 0.05) is 12.2 Å². The topological polar surface area (TPSA) is 47.3 Å². The van der Waals surface area contributed by atoms with Crippen molar-refractivity contribution in [2.45, 2.75) is 31.2 Å². The summed E-state index contributed by atoms with van der Waals surface area (Å²) in [6.07, 6.45) is -6.21. The number of benzene rings is 1. The molecule has 1 aliphatic heterocycles. The third-order valence-corrected chi connectivity index (χ3v) is 3.72. The highest BCUT2D eigenvalue weighted by Gasteiger charge is 2.47. The Morgan fingerprint density at radius 2 is 2.15 bits per heavy atom. The predicted molar refractivity (Wildman–Crippen MR) is 68.6 cm³/mol. The highest BCUT2D eigenvalue weighted by atomic mass is 35.5. The zero-order valence-corrected chi connectivity index (χ0v) is 11.1. The van der Waals surface area contributed by atoms with Crippen LogP contribution in [-0.2, 0) is 0 Å². The fourth-order valence-electron chi connectivity index (χ4n) is 2.43. The summed E-state index contributed by atoms with van der Waals surface area (Å²) in [5.41, 5.74) is 0.752. The lowest BCUT2D eigenvalue weighted by Gasteiger charge is -2.31. The molecule has 1 N–H and O–H groups in total. The molecule has 3 nitrogen and oxygen atoms in total. The van der Waals surface area contributed by atoms with Crippen LogP contribution in [0.4, 0.5) is 18.9 Å². The van der Waals surface area contributed by atoms with Crippen molar-refractivity contribution in [1.82, 2.24) is 0 Å². The second kappa shape index (κ2) is 5.51. The largest absolute Gasteiger partial charge is 0.416 e. The first-order chi connectivity index (χ1) is 9.34. The van der Waals surface area contributed by atoms with E-state index >= 15 is 0 Å². The normalized spacial score (nSPS) is 20.8. The van der Waals surface area contributed by atoms with Crippen molar-refractivity contribution in [3.05, 3.63) is 28.8 Å². The van der Waals surface area contributed by atoms with Crippen LogP contribution >= 0.6 is 11.6 Å². The molecule has 1 aliphatic rings. The van der Waals surface area contributed by atoms with Gasteiger partial charge in [0.05, 0.1) is 16.6 Å². The number of hydrogen-bond donors (Lipinski definition) is 1. The molecule has 1 fully saturated rings. The van der Waals surface area contributed by atoms with Crippen molar-refractivity contribution < 1.29 is 18.3 Å². The van der Waals surface area contributed by atoms with Gasteiger partial charge in [-0.3, -0.25) is 0 Å². The number of aliphatic hydroxyl groups is 1. The van der Waals surface area contributed by atoms with Gasteiger partial charge in [0.2, 0.25) is 0 Å². The first kappa shape index (κ1) is 14.9. The number of aliphatic hydroxyl groups excluding tert-OH is 1. The lowest BCUT2D eigenvalue weighted by molar-refractivity contribution is -0.209. The van der Waals surface area contributed by atoms with Crippen LogP contribution in [0.15, 0.2) is 18.2 Å². The van der Waals surface area contributed by atoms with Crippen molar-refractivity contribution in [2.24, 2.45) is 0 Å². The van der Waals surface area contributed by atoms with Gasteiger partial charge in [0.25, 0.3) is 0 Å². The van der Waals surface area contributed by atoms with Crippen LogP contribution in [0.5, 0.6) is 0 Å². The van der Waals surface area contributed by atoms with Crippen molar-refractivity contribution in [1.29, 1.82) is 5.26 Å². The van der Waals surface area contributed by atoms with E-state index in [2.05, 4.69) is 0 Å². The molecule has 1 unspecified atom stereocenters. The van der Waals surface area contributed by atoms with Crippen molar-refractivity contribution in [2.75, 3.05) is 11.4 Å². The molecule has 2 atom stereocenters. The van der Waals surface area contributed by atoms with Crippen LogP contribution in [0.1, 0.15) is 18.4 Å². The van der Waals surface area contributed by atoms with Gasteiger partial charge in [0.1, 0.15) is 6.07 Å². The number of rotatable bonds is 2. The first-order valence-corrected chi connectivity index (χ1v) is 6.43. The molecule has 0 saturated carbocycles. The van der Waals surface area contributed by atoms with Gasteiger partial charge >= 0.3 is 6.18 Å². The summed E-state index contributed by atoms with van der Waals surface area (Å²) in [7, 11) is 0. The van der Waals surface area contributed by atoms with Gasteiger partial charge in [-0.1, -0.05) is 11.6 Å². The molecular weight excluding hydrogens is 293 g/mol. The molecule has 0 amide bonds. The predicted octanol–water partition coefficient (Wildman–Crippen LogP) is 3.10. The van der Waals surface area contributed by atoms with E-state index in [1.54, 1.807) is 6.07 Å². The van der Waals surface area contributed by atoms with Crippen LogP contribution in [0.3, 0.4) is 0 Å². The molecule has 0 aliphatic carbocycles.